The summed E-state index contributed by atoms with van der Waals surface area (Å²) in [5.74, 6) is 1.51. The van der Waals surface area contributed by atoms with Crippen LogP contribution < -0.4 is 20.9 Å². The van der Waals surface area contributed by atoms with Crippen LogP contribution in [0.15, 0.2) is 48.5 Å². The molecule has 3 aromatic rings. The molecule has 1 saturated carbocycles. The van der Waals surface area contributed by atoms with Gasteiger partial charge in [0.2, 0.25) is 5.95 Å². The van der Waals surface area contributed by atoms with Gasteiger partial charge in [0.25, 0.3) is 0 Å². The van der Waals surface area contributed by atoms with Crippen molar-refractivity contribution in [2.24, 2.45) is 5.92 Å². The summed E-state index contributed by atoms with van der Waals surface area (Å²) >= 11 is 0. The van der Waals surface area contributed by atoms with Crippen LogP contribution in [-0.4, -0.2) is 42.7 Å². The molecule has 32 heavy (non-hydrogen) atoms. The lowest BCUT2D eigenvalue weighted by Gasteiger charge is -2.29. The van der Waals surface area contributed by atoms with Gasteiger partial charge in [0, 0.05) is 32.1 Å². The molecule has 1 fully saturated rings. The van der Waals surface area contributed by atoms with Gasteiger partial charge in [0.05, 0.1) is 11.2 Å². The van der Waals surface area contributed by atoms with Gasteiger partial charge in [-0.15, -0.1) is 0 Å². The number of hydrogen-bond donors (Lipinski definition) is 3. The molecule has 7 nitrogen and oxygen atoms in total. The molecule has 0 saturated heterocycles. The minimum Gasteiger partial charge on any atom is -0.362 e. The molecule has 1 aromatic heterocycles. The highest BCUT2D eigenvalue weighted by molar-refractivity contribution is 5.90. The van der Waals surface area contributed by atoms with Gasteiger partial charge in [0.1, 0.15) is 11.6 Å². The quantitative estimate of drug-likeness (QED) is 0.525. The fourth-order valence-electron chi connectivity index (χ4n) is 4.12. The van der Waals surface area contributed by atoms with Crippen LogP contribution in [0.5, 0.6) is 0 Å². The number of halogens is 1. The van der Waals surface area contributed by atoms with Crippen molar-refractivity contribution in [3.63, 3.8) is 0 Å². The normalized spacial score (nSPS) is 18.2. The summed E-state index contributed by atoms with van der Waals surface area (Å²) in [5, 5.41) is 9.96. The number of rotatable bonds is 6. The molecule has 2 amide bonds. The van der Waals surface area contributed by atoms with E-state index in [9.17, 15) is 9.18 Å². The van der Waals surface area contributed by atoms with Crippen LogP contribution in [0.25, 0.3) is 10.9 Å². The smallest absolute Gasteiger partial charge is 0.319 e. The first-order valence-corrected chi connectivity index (χ1v) is 11.0. The van der Waals surface area contributed by atoms with Crippen molar-refractivity contribution in [2.45, 2.75) is 31.7 Å². The van der Waals surface area contributed by atoms with E-state index in [0.717, 1.165) is 42.4 Å². The Bertz CT molecular complexity index is 1080. The lowest BCUT2D eigenvalue weighted by atomic mass is 9.86. The van der Waals surface area contributed by atoms with Crippen LogP contribution in [0, 0.1) is 11.7 Å². The third kappa shape index (κ3) is 5.25. The van der Waals surface area contributed by atoms with Gasteiger partial charge >= 0.3 is 6.03 Å². The minimum absolute atomic E-state index is 0.186. The summed E-state index contributed by atoms with van der Waals surface area (Å²) in [7, 11) is 3.97. The third-order valence-corrected chi connectivity index (χ3v) is 5.86. The average Bonchev–Trinajstić information content (AvgIpc) is 2.79. The predicted molar refractivity (Wildman–Crippen MR) is 127 cm³/mol. The van der Waals surface area contributed by atoms with Gasteiger partial charge in [0.15, 0.2) is 0 Å². The van der Waals surface area contributed by atoms with Crippen molar-refractivity contribution in [2.75, 3.05) is 36.2 Å². The lowest BCUT2D eigenvalue weighted by Crippen LogP contribution is -2.36. The van der Waals surface area contributed by atoms with Gasteiger partial charge < -0.3 is 20.9 Å². The molecule has 0 unspecified atom stereocenters. The average molecular weight is 437 g/mol. The summed E-state index contributed by atoms with van der Waals surface area (Å²) in [6.07, 6.45) is 3.95. The Morgan fingerprint density at radius 1 is 1.03 bits per heavy atom. The van der Waals surface area contributed by atoms with Gasteiger partial charge in [-0.05, 0) is 55.9 Å². The Labute approximate surface area is 187 Å². The van der Waals surface area contributed by atoms with Gasteiger partial charge in [-0.1, -0.05) is 24.3 Å². The summed E-state index contributed by atoms with van der Waals surface area (Å²) in [4.78, 5) is 23.5. The minimum atomic E-state index is -0.442. The molecule has 1 aliphatic rings. The molecule has 0 aliphatic heterocycles. The van der Waals surface area contributed by atoms with Gasteiger partial charge in [-0.3, -0.25) is 0 Å². The molecular weight excluding hydrogens is 407 g/mol. The molecule has 2 aromatic carbocycles. The van der Waals surface area contributed by atoms with E-state index in [1.165, 1.54) is 6.07 Å². The molecule has 1 heterocycles. The largest absolute Gasteiger partial charge is 0.362 e. The molecular formula is C24H29FN6O. The van der Waals surface area contributed by atoms with Gasteiger partial charge in [-0.2, -0.15) is 4.98 Å². The van der Waals surface area contributed by atoms with E-state index >= 15 is 0 Å². The number of amides is 2. The van der Waals surface area contributed by atoms with Crippen LogP contribution in [0.2, 0.25) is 0 Å². The monoisotopic (exact) mass is 436 g/mol. The number of urea groups is 1. The van der Waals surface area contributed by atoms with E-state index in [-0.39, 0.29) is 11.7 Å². The summed E-state index contributed by atoms with van der Waals surface area (Å²) in [6.45, 7) is 0.574. The number of carbonyl (C=O) groups is 1. The van der Waals surface area contributed by atoms with Crippen molar-refractivity contribution in [3.8, 4) is 0 Å². The Morgan fingerprint density at radius 3 is 2.50 bits per heavy atom. The number of nitrogens with one attached hydrogen (secondary N) is 3. The van der Waals surface area contributed by atoms with E-state index in [1.54, 1.807) is 18.2 Å². The van der Waals surface area contributed by atoms with E-state index in [4.69, 9.17) is 9.97 Å². The van der Waals surface area contributed by atoms with Crippen LogP contribution in [-0.2, 0) is 0 Å². The molecule has 0 bridgehead atoms. The molecule has 0 atom stereocenters. The number of nitrogens with zero attached hydrogens (tertiary/aromatic N) is 3. The number of hydrogen-bond acceptors (Lipinski definition) is 5. The second kappa shape index (κ2) is 9.80. The number of fused-ring (bicyclic) bond motifs is 1. The highest BCUT2D eigenvalue weighted by Crippen LogP contribution is 2.28. The zero-order chi connectivity index (χ0) is 22.5. The van der Waals surface area contributed by atoms with Crippen LogP contribution >= 0.6 is 0 Å². The van der Waals surface area contributed by atoms with Crippen molar-refractivity contribution in [3.05, 3.63) is 54.3 Å². The highest BCUT2D eigenvalue weighted by atomic mass is 19.1. The SMILES string of the molecule is CN(C)c1nc(NC2CCC(CNC(=O)Nc3ccccc3F)CC2)nc2ccccc12. The van der Waals surface area contributed by atoms with E-state index in [1.807, 2.05) is 43.3 Å². The first-order chi connectivity index (χ1) is 15.5. The zero-order valence-electron chi connectivity index (χ0n) is 18.4. The van der Waals surface area contributed by atoms with E-state index < -0.39 is 5.82 Å². The lowest BCUT2D eigenvalue weighted by molar-refractivity contribution is 0.246. The Balaban J connectivity index is 1.28. The Kier molecular flexibility index (Phi) is 6.68. The first kappa shape index (κ1) is 21.8. The molecule has 1 aliphatic carbocycles. The second-order valence-electron chi connectivity index (χ2n) is 8.46. The third-order valence-electron chi connectivity index (χ3n) is 5.86. The maximum atomic E-state index is 13.7. The molecule has 168 valence electrons. The number of para-hydroxylation sites is 2. The number of carbonyl (C=O) groups excluding carboxylic acids is 1. The van der Waals surface area contributed by atoms with Crippen LogP contribution in [0.1, 0.15) is 25.7 Å². The van der Waals surface area contributed by atoms with Crippen molar-refractivity contribution < 1.29 is 9.18 Å². The van der Waals surface area contributed by atoms with E-state index in [2.05, 4.69) is 16.0 Å². The molecule has 3 N–H and O–H groups in total. The van der Waals surface area contributed by atoms with Crippen LogP contribution in [0.4, 0.5) is 26.6 Å². The van der Waals surface area contributed by atoms with Crippen molar-refractivity contribution >= 4 is 34.4 Å². The second-order valence-corrected chi connectivity index (χ2v) is 8.46. The molecule has 4 rings (SSSR count). The predicted octanol–water partition coefficient (Wildman–Crippen LogP) is 4.63. The van der Waals surface area contributed by atoms with Crippen molar-refractivity contribution in [1.29, 1.82) is 0 Å². The summed E-state index contributed by atoms with van der Waals surface area (Å²) in [6, 6.07) is 14.1. The van der Waals surface area contributed by atoms with E-state index in [0.29, 0.717) is 24.5 Å². The van der Waals surface area contributed by atoms with Gasteiger partial charge in [-0.25, -0.2) is 14.2 Å². The summed E-state index contributed by atoms with van der Waals surface area (Å²) in [5.41, 5.74) is 1.11. The topological polar surface area (TPSA) is 82.2 Å². The Hall–Kier alpha value is -3.42. The van der Waals surface area contributed by atoms with Crippen molar-refractivity contribution in [1.82, 2.24) is 15.3 Å². The molecule has 0 spiro atoms. The zero-order valence-corrected chi connectivity index (χ0v) is 18.4. The maximum absolute atomic E-state index is 13.7. The maximum Gasteiger partial charge on any atom is 0.319 e. The number of anilines is 3. The molecule has 0 radical (unpaired) electrons. The fraction of sp³-hybridized carbons (Fsp3) is 0.375. The first-order valence-electron chi connectivity index (χ1n) is 11.0. The highest BCUT2D eigenvalue weighted by Gasteiger charge is 2.23. The van der Waals surface area contributed by atoms with Crippen LogP contribution in [0.3, 0.4) is 0 Å². The fourth-order valence-corrected chi connectivity index (χ4v) is 4.12. The molecule has 8 heteroatoms. The standard InChI is InChI=1S/C24H29FN6O/c1-31(2)22-18-7-3-5-9-20(18)28-23(30-22)27-17-13-11-16(12-14-17)15-26-24(32)29-21-10-6-4-8-19(21)25/h3-10,16-17H,11-15H2,1-2H3,(H2,26,29,32)(H,27,28,30). The Morgan fingerprint density at radius 2 is 1.75 bits per heavy atom. The summed E-state index contributed by atoms with van der Waals surface area (Å²) < 4.78 is 13.7. The number of benzene rings is 2. The number of aromatic nitrogens is 2.